The van der Waals surface area contributed by atoms with Crippen molar-refractivity contribution in [3.05, 3.63) is 88.6 Å². The van der Waals surface area contributed by atoms with Crippen LogP contribution in [0.25, 0.3) is 37.1 Å². The number of rotatable bonds is 5. The van der Waals surface area contributed by atoms with E-state index in [1.54, 1.807) is 36.5 Å². The molecule has 4 heterocycles. The number of hydrogen-bond donors (Lipinski definition) is 2. The molecule has 0 radical (unpaired) electrons. The smallest absolute Gasteiger partial charge is 0.277 e. The van der Waals surface area contributed by atoms with Gasteiger partial charge in [0.1, 0.15) is 17.8 Å². The molecule has 0 aliphatic heterocycles. The molecular weight excluding hydrogens is 507 g/mol. The maximum atomic E-state index is 12.5. The highest BCUT2D eigenvalue weighted by molar-refractivity contribution is 7.20. The quantitative estimate of drug-likeness (QED) is 0.269. The summed E-state index contributed by atoms with van der Waals surface area (Å²) in [6.07, 6.45) is 7.29. The van der Waals surface area contributed by atoms with Crippen LogP contribution in [-0.2, 0) is 0 Å². The van der Waals surface area contributed by atoms with Crippen molar-refractivity contribution in [3.8, 4) is 32.3 Å². The zero-order valence-corrected chi connectivity index (χ0v) is 19.9. The van der Waals surface area contributed by atoms with Crippen LogP contribution in [0.15, 0.2) is 61.4 Å². The SMILES string of the molecule is [C-]#[N+]c1c(-c2ccnc(NC(=O)c3cnccn3)c2)sc(-c2nnc[nH]2)c1-c1ccc(Cl)cc1Cl. The van der Waals surface area contributed by atoms with Crippen LogP contribution in [0.2, 0.25) is 10.0 Å². The Morgan fingerprint density at radius 3 is 2.69 bits per heavy atom. The van der Waals surface area contributed by atoms with Crippen LogP contribution in [0.1, 0.15) is 10.5 Å². The molecule has 9 nitrogen and oxygen atoms in total. The number of H-pyrrole nitrogens is 1. The lowest BCUT2D eigenvalue weighted by Gasteiger charge is -2.07. The van der Waals surface area contributed by atoms with Crippen molar-refractivity contribution in [1.82, 2.24) is 30.1 Å². The number of nitrogens with one attached hydrogen (secondary N) is 2. The van der Waals surface area contributed by atoms with E-state index in [0.29, 0.717) is 53.8 Å². The third kappa shape index (κ3) is 4.48. The van der Waals surface area contributed by atoms with E-state index in [1.165, 1.54) is 36.3 Å². The van der Waals surface area contributed by atoms with Gasteiger partial charge < -0.3 is 10.3 Å². The fourth-order valence-corrected chi connectivity index (χ4v) is 5.09. The number of anilines is 1. The number of hydrogen-bond acceptors (Lipinski definition) is 7. The van der Waals surface area contributed by atoms with Crippen LogP contribution in [0, 0.1) is 6.57 Å². The molecule has 5 rings (SSSR count). The van der Waals surface area contributed by atoms with Crippen molar-refractivity contribution in [2.75, 3.05) is 5.32 Å². The Morgan fingerprint density at radius 2 is 1.97 bits per heavy atom. The molecule has 0 unspecified atom stereocenters. The van der Waals surface area contributed by atoms with Gasteiger partial charge in [0.15, 0.2) is 5.82 Å². The molecule has 0 saturated carbocycles. The maximum absolute atomic E-state index is 12.5. The second kappa shape index (κ2) is 9.60. The van der Waals surface area contributed by atoms with Crippen LogP contribution in [0.4, 0.5) is 11.5 Å². The Balaban J connectivity index is 1.63. The van der Waals surface area contributed by atoms with Crippen LogP contribution in [0.3, 0.4) is 0 Å². The number of pyridine rings is 1. The first-order valence-electron chi connectivity index (χ1n) is 9.95. The van der Waals surface area contributed by atoms with Crippen LogP contribution >= 0.6 is 34.5 Å². The molecule has 4 aromatic heterocycles. The predicted octanol–water partition coefficient (Wildman–Crippen LogP) is 6.16. The van der Waals surface area contributed by atoms with Crippen molar-refractivity contribution in [1.29, 1.82) is 0 Å². The molecule has 0 spiro atoms. The van der Waals surface area contributed by atoms with E-state index in [9.17, 15) is 4.79 Å². The van der Waals surface area contributed by atoms with Gasteiger partial charge in [0.25, 0.3) is 5.91 Å². The number of benzene rings is 1. The summed E-state index contributed by atoms with van der Waals surface area (Å²) < 4.78 is 0. The number of carbonyl (C=O) groups excluding carboxylic acids is 1. The van der Waals surface area contributed by atoms with Gasteiger partial charge in [-0.25, -0.2) is 14.8 Å². The van der Waals surface area contributed by atoms with Crippen molar-refractivity contribution in [2.45, 2.75) is 0 Å². The third-order valence-corrected chi connectivity index (χ3v) is 6.67. The topological polar surface area (TPSA) is 114 Å². The van der Waals surface area contributed by atoms with Crippen molar-refractivity contribution < 1.29 is 4.79 Å². The molecule has 0 bridgehead atoms. The normalized spacial score (nSPS) is 10.7. The molecule has 0 aliphatic carbocycles. The van der Waals surface area contributed by atoms with E-state index in [1.807, 2.05) is 0 Å². The number of amides is 1. The maximum Gasteiger partial charge on any atom is 0.277 e. The van der Waals surface area contributed by atoms with Gasteiger partial charge in [-0.3, -0.25) is 9.78 Å². The number of aromatic amines is 1. The first-order valence-corrected chi connectivity index (χ1v) is 11.5. The molecular formula is C23H12Cl2N8OS. The molecule has 0 fully saturated rings. The highest BCUT2D eigenvalue weighted by Crippen LogP contribution is 2.53. The van der Waals surface area contributed by atoms with Crippen LogP contribution < -0.4 is 5.32 Å². The fourth-order valence-electron chi connectivity index (χ4n) is 3.39. The number of nitrogens with zero attached hydrogens (tertiary/aromatic N) is 6. The lowest BCUT2D eigenvalue weighted by atomic mass is 10.0. The van der Waals surface area contributed by atoms with Gasteiger partial charge in [0, 0.05) is 39.1 Å². The van der Waals surface area contributed by atoms with Crippen LogP contribution in [0.5, 0.6) is 0 Å². The number of aromatic nitrogens is 6. The minimum absolute atomic E-state index is 0.157. The van der Waals surface area contributed by atoms with Gasteiger partial charge >= 0.3 is 0 Å². The summed E-state index contributed by atoms with van der Waals surface area (Å²) in [5.74, 6) is 0.350. The summed E-state index contributed by atoms with van der Waals surface area (Å²) in [7, 11) is 0. The predicted molar refractivity (Wildman–Crippen MR) is 135 cm³/mol. The Kier molecular flexibility index (Phi) is 6.20. The Morgan fingerprint density at radius 1 is 1.09 bits per heavy atom. The summed E-state index contributed by atoms with van der Waals surface area (Å²) in [6, 6.07) is 8.55. The van der Waals surface area contributed by atoms with Gasteiger partial charge in [-0.15, -0.1) is 21.5 Å². The molecule has 0 atom stereocenters. The second-order valence-corrected chi connectivity index (χ2v) is 8.90. The van der Waals surface area contributed by atoms with Crippen molar-refractivity contribution in [2.24, 2.45) is 0 Å². The van der Waals surface area contributed by atoms with Gasteiger partial charge in [-0.2, -0.15) is 0 Å². The number of halogens is 2. The van der Waals surface area contributed by atoms with E-state index < -0.39 is 5.91 Å². The lowest BCUT2D eigenvalue weighted by Crippen LogP contribution is -2.14. The molecule has 2 N–H and O–H groups in total. The molecule has 1 aromatic carbocycles. The van der Waals surface area contributed by atoms with E-state index in [-0.39, 0.29) is 5.69 Å². The van der Waals surface area contributed by atoms with E-state index >= 15 is 0 Å². The summed E-state index contributed by atoms with van der Waals surface area (Å²) in [5, 5.41) is 11.6. The van der Waals surface area contributed by atoms with Crippen molar-refractivity contribution >= 4 is 52.0 Å². The van der Waals surface area contributed by atoms with E-state index in [4.69, 9.17) is 29.8 Å². The standard InChI is InChI=1S/C23H12Cl2N8OS/c1-26-19-18(14-3-2-13(24)9-15(14)25)21(22-30-11-31-33-22)35-20(19)12-4-5-29-17(8-12)32-23(34)16-10-27-6-7-28-16/h2-11H,(H,29,32,34)(H,30,31,33). The summed E-state index contributed by atoms with van der Waals surface area (Å²) in [5.41, 5.74) is 2.47. The lowest BCUT2D eigenvalue weighted by molar-refractivity contribution is 0.102. The average molecular weight is 519 g/mol. The van der Waals surface area contributed by atoms with Gasteiger partial charge in [0.2, 0.25) is 5.69 Å². The van der Waals surface area contributed by atoms with Gasteiger partial charge in [0.05, 0.1) is 17.6 Å². The van der Waals surface area contributed by atoms with Gasteiger partial charge in [-0.1, -0.05) is 29.3 Å². The average Bonchev–Trinajstić information content (AvgIpc) is 3.53. The summed E-state index contributed by atoms with van der Waals surface area (Å²) in [6.45, 7) is 7.97. The highest BCUT2D eigenvalue weighted by Gasteiger charge is 2.25. The molecule has 12 heteroatoms. The summed E-state index contributed by atoms with van der Waals surface area (Å²) in [4.78, 5) is 32.8. The minimum atomic E-state index is -0.449. The van der Waals surface area contributed by atoms with Gasteiger partial charge in [-0.05, 0) is 35.4 Å². The first kappa shape index (κ1) is 22.6. The highest BCUT2D eigenvalue weighted by atomic mass is 35.5. The fraction of sp³-hybridized carbons (Fsp3) is 0. The number of thiophene rings is 1. The van der Waals surface area contributed by atoms with Crippen molar-refractivity contribution in [3.63, 3.8) is 0 Å². The number of carbonyl (C=O) groups is 1. The van der Waals surface area contributed by atoms with Crippen LogP contribution in [-0.4, -0.2) is 36.0 Å². The largest absolute Gasteiger partial charge is 0.327 e. The first-order chi connectivity index (χ1) is 17.0. The monoisotopic (exact) mass is 518 g/mol. The Labute approximate surface area is 212 Å². The molecule has 1 amide bonds. The van der Waals surface area contributed by atoms with E-state index in [0.717, 1.165) is 0 Å². The molecule has 0 saturated heterocycles. The van der Waals surface area contributed by atoms with E-state index in [2.05, 4.69) is 40.3 Å². The molecule has 170 valence electrons. The molecule has 35 heavy (non-hydrogen) atoms. The third-order valence-electron chi connectivity index (χ3n) is 4.89. The molecule has 0 aliphatic rings. The zero-order chi connectivity index (χ0) is 24.4. The Hall–Kier alpha value is -4.17. The Bertz CT molecular complexity index is 1580. The molecule has 5 aromatic rings. The summed E-state index contributed by atoms with van der Waals surface area (Å²) >= 11 is 14.0. The second-order valence-electron chi connectivity index (χ2n) is 7.03. The zero-order valence-electron chi connectivity index (χ0n) is 17.5. The minimum Gasteiger partial charge on any atom is -0.327 e.